The van der Waals surface area contributed by atoms with Crippen molar-refractivity contribution in [3.63, 3.8) is 0 Å². The Kier molecular flexibility index (Phi) is 8.47. The van der Waals surface area contributed by atoms with E-state index in [4.69, 9.17) is 42.3 Å². The van der Waals surface area contributed by atoms with Crippen molar-refractivity contribution in [3.05, 3.63) is 35.4 Å². The molecule has 2 aromatic rings. The van der Waals surface area contributed by atoms with E-state index in [0.717, 1.165) is 4.42 Å². The number of ether oxygens (including phenoxy) is 4. The summed E-state index contributed by atoms with van der Waals surface area (Å²) in [6.07, 6.45) is 0. The molecule has 0 radical (unpaired) electrons. The highest BCUT2D eigenvalue weighted by Gasteiger charge is 2.32. The first-order valence-electron chi connectivity index (χ1n) is 8.83. The van der Waals surface area contributed by atoms with Gasteiger partial charge in [0.1, 0.15) is 22.9 Å². The molecule has 0 spiro atoms. The summed E-state index contributed by atoms with van der Waals surface area (Å²) in [6, 6.07) is 6.36. The first-order chi connectivity index (χ1) is 14.8. The van der Waals surface area contributed by atoms with Gasteiger partial charge in [-0.05, 0) is 31.2 Å². The molecule has 1 unspecified atom stereocenters. The van der Waals surface area contributed by atoms with E-state index in [2.05, 4.69) is 10.2 Å². The molecule has 2 rings (SSSR count). The van der Waals surface area contributed by atoms with Crippen LogP contribution in [0.2, 0.25) is 5.02 Å². The quantitative estimate of drug-likeness (QED) is 0.302. The summed E-state index contributed by atoms with van der Waals surface area (Å²) in [5.41, 5.74) is 0.338. The average Bonchev–Trinajstić information content (AvgIpc) is 2.77. The molecule has 0 saturated heterocycles. The van der Waals surface area contributed by atoms with Gasteiger partial charge in [0.15, 0.2) is 17.3 Å². The number of hydrogen-bond donors (Lipinski definition) is 0. The molecule has 1 atom stereocenters. The minimum absolute atomic E-state index is 0.131. The van der Waals surface area contributed by atoms with Gasteiger partial charge in [0.05, 0.1) is 33.5 Å². The van der Waals surface area contributed by atoms with Gasteiger partial charge in [-0.15, -0.1) is 0 Å². The molecule has 166 valence electrons. The van der Waals surface area contributed by atoms with Crippen molar-refractivity contribution in [2.24, 2.45) is 10.2 Å². The zero-order valence-corrected chi connectivity index (χ0v) is 19.0. The van der Waals surface area contributed by atoms with Crippen molar-refractivity contribution in [2.45, 2.75) is 13.0 Å². The number of para-hydroxylation sites is 1. The molecular weight excluding hydrogens is 449 g/mol. The monoisotopic (exact) mass is 469 g/mol. The van der Waals surface area contributed by atoms with Crippen LogP contribution in [0, 0.1) is 0 Å². The zero-order valence-electron chi connectivity index (χ0n) is 17.5. The Morgan fingerprint density at radius 1 is 0.935 bits per heavy atom. The van der Waals surface area contributed by atoms with Gasteiger partial charge in [0.25, 0.3) is 5.91 Å². The molecule has 11 heteroatoms. The van der Waals surface area contributed by atoms with Crippen LogP contribution in [0.15, 0.2) is 40.6 Å². The lowest BCUT2D eigenvalue weighted by Gasteiger charge is -2.21. The maximum Gasteiger partial charge on any atom is 0.276 e. The largest absolute Gasteiger partial charge is 0.494 e. The van der Waals surface area contributed by atoms with Crippen LogP contribution in [0.25, 0.3) is 0 Å². The van der Waals surface area contributed by atoms with Gasteiger partial charge in [0.2, 0.25) is 6.04 Å². The number of anilines is 1. The van der Waals surface area contributed by atoms with Crippen molar-refractivity contribution in [2.75, 3.05) is 32.9 Å². The van der Waals surface area contributed by atoms with Crippen LogP contribution in [-0.4, -0.2) is 46.2 Å². The number of benzene rings is 2. The predicted octanol–water partition coefficient (Wildman–Crippen LogP) is 4.60. The first kappa shape index (κ1) is 24.2. The van der Waals surface area contributed by atoms with Gasteiger partial charge in [-0.2, -0.15) is 10.2 Å². The van der Waals surface area contributed by atoms with Crippen LogP contribution in [0.3, 0.4) is 0 Å². The summed E-state index contributed by atoms with van der Waals surface area (Å²) in [4.78, 5) is 25.2. The molecule has 0 saturated carbocycles. The van der Waals surface area contributed by atoms with Crippen molar-refractivity contribution < 1.29 is 28.5 Å². The lowest BCUT2D eigenvalue weighted by atomic mass is 10.2. The van der Waals surface area contributed by atoms with E-state index in [-0.39, 0.29) is 34.4 Å². The Hall–Kier alpha value is -3.04. The normalized spacial score (nSPS) is 11.7. The number of carbonyl (C=O) groups is 2. The molecule has 31 heavy (non-hydrogen) atoms. The summed E-state index contributed by atoms with van der Waals surface area (Å²) >= 11 is 12.4. The van der Waals surface area contributed by atoms with Crippen LogP contribution < -0.4 is 23.4 Å². The molecule has 0 aliphatic carbocycles. The number of ketones is 1. The van der Waals surface area contributed by atoms with Gasteiger partial charge in [-0.3, -0.25) is 9.59 Å². The number of rotatable bonds is 9. The maximum absolute atomic E-state index is 13.0. The molecule has 0 aliphatic heterocycles. The number of nitrogens with zero attached hydrogens (tertiary/aromatic N) is 3. The third kappa shape index (κ3) is 5.18. The lowest BCUT2D eigenvalue weighted by molar-refractivity contribution is -0.126. The highest BCUT2D eigenvalue weighted by Crippen LogP contribution is 2.43. The lowest BCUT2D eigenvalue weighted by Crippen LogP contribution is -2.36. The van der Waals surface area contributed by atoms with Crippen LogP contribution >= 0.6 is 23.4 Å². The summed E-state index contributed by atoms with van der Waals surface area (Å²) < 4.78 is 21.7. The standard InChI is InChI=1S/C20H21Cl2N3O6/c1-11(26)16(24-23-13-10-9-12(21)18(30-4)19(13)31-5)20(27)25(22)17-14(28-2)7-6-8-15(17)29-3/h6-10,16H,1-5H3. The summed E-state index contributed by atoms with van der Waals surface area (Å²) in [7, 11) is 5.64. The Labute approximate surface area is 189 Å². The SMILES string of the molecule is COc1cccc(OC)c1N(Cl)C(=O)C(N=Nc1ccc(Cl)c(OC)c1OC)C(C)=O. The second-order valence-electron chi connectivity index (χ2n) is 5.99. The molecule has 1 amide bonds. The Balaban J connectivity index is 2.45. The van der Waals surface area contributed by atoms with Gasteiger partial charge in [-0.25, -0.2) is 4.42 Å². The minimum atomic E-state index is -1.53. The number of methoxy groups -OCH3 is 4. The maximum atomic E-state index is 13.0. The molecule has 9 nitrogen and oxygen atoms in total. The molecule has 0 aromatic heterocycles. The Morgan fingerprint density at radius 2 is 1.52 bits per heavy atom. The molecule has 0 fully saturated rings. The Bertz CT molecular complexity index is 977. The highest BCUT2D eigenvalue weighted by molar-refractivity contribution is 6.40. The highest BCUT2D eigenvalue weighted by atomic mass is 35.5. The summed E-state index contributed by atoms with van der Waals surface area (Å²) in [5, 5.41) is 8.21. The van der Waals surface area contributed by atoms with E-state index in [1.54, 1.807) is 18.2 Å². The number of hydrogen-bond acceptors (Lipinski definition) is 8. The van der Waals surface area contributed by atoms with E-state index < -0.39 is 17.7 Å². The molecule has 0 bridgehead atoms. The van der Waals surface area contributed by atoms with E-state index in [1.807, 2.05) is 0 Å². The van der Waals surface area contributed by atoms with Crippen molar-refractivity contribution in [1.29, 1.82) is 0 Å². The predicted molar refractivity (Wildman–Crippen MR) is 116 cm³/mol. The Morgan fingerprint density at radius 3 is 2.00 bits per heavy atom. The third-order valence-corrected chi connectivity index (χ3v) is 4.78. The smallest absolute Gasteiger partial charge is 0.276 e. The van der Waals surface area contributed by atoms with Gasteiger partial charge >= 0.3 is 0 Å². The number of amides is 1. The molecule has 2 aromatic carbocycles. The van der Waals surface area contributed by atoms with E-state index in [0.29, 0.717) is 5.02 Å². The van der Waals surface area contributed by atoms with Crippen LogP contribution in [0.5, 0.6) is 23.0 Å². The zero-order chi connectivity index (χ0) is 23.1. The molecule has 0 aliphatic rings. The molecule has 0 heterocycles. The number of Topliss-reactive ketones (excluding diaryl/α,β-unsaturated/α-hetero) is 1. The van der Waals surface area contributed by atoms with Crippen LogP contribution in [-0.2, 0) is 9.59 Å². The van der Waals surface area contributed by atoms with E-state index in [9.17, 15) is 9.59 Å². The van der Waals surface area contributed by atoms with Crippen molar-refractivity contribution in [1.82, 2.24) is 0 Å². The number of azo groups is 1. The van der Waals surface area contributed by atoms with Crippen molar-refractivity contribution in [3.8, 4) is 23.0 Å². The topological polar surface area (TPSA) is 99.0 Å². The summed E-state index contributed by atoms with van der Waals surface area (Å²) in [6.45, 7) is 1.20. The third-order valence-electron chi connectivity index (χ3n) is 4.14. The van der Waals surface area contributed by atoms with E-state index in [1.165, 1.54) is 47.5 Å². The van der Waals surface area contributed by atoms with Crippen molar-refractivity contribution >= 4 is 46.4 Å². The molecule has 0 N–H and O–H groups in total. The fourth-order valence-electron chi connectivity index (χ4n) is 2.66. The number of halogens is 2. The second-order valence-corrected chi connectivity index (χ2v) is 6.74. The first-order valence-corrected chi connectivity index (χ1v) is 9.54. The number of carbonyl (C=O) groups excluding carboxylic acids is 2. The fraction of sp³-hybridized carbons (Fsp3) is 0.300. The summed E-state index contributed by atoms with van der Waals surface area (Å²) in [5.74, 6) is -0.447. The average molecular weight is 470 g/mol. The van der Waals surface area contributed by atoms with Crippen LogP contribution in [0.4, 0.5) is 11.4 Å². The minimum Gasteiger partial charge on any atom is -0.494 e. The fourth-order valence-corrected chi connectivity index (χ4v) is 3.15. The van der Waals surface area contributed by atoms with Crippen LogP contribution in [0.1, 0.15) is 6.92 Å². The van der Waals surface area contributed by atoms with E-state index >= 15 is 0 Å². The van der Waals surface area contributed by atoms with Gasteiger partial charge < -0.3 is 18.9 Å². The van der Waals surface area contributed by atoms with Gasteiger partial charge in [0, 0.05) is 11.8 Å². The van der Waals surface area contributed by atoms with Gasteiger partial charge in [-0.1, -0.05) is 17.7 Å². The molecular formula is C20H21Cl2N3O6. The second kappa shape index (κ2) is 10.8.